The van der Waals surface area contributed by atoms with Gasteiger partial charge in [-0.15, -0.1) is 5.10 Å². The molecule has 2 aromatic rings. The third kappa shape index (κ3) is 3.73. The fourth-order valence-electron chi connectivity index (χ4n) is 3.02. The molecule has 0 atom stereocenters. The van der Waals surface area contributed by atoms with E-state index >= 15 is 0 Å². The van der Waals surface area contributed by atoms with Gasteiger partial charge in [0.15, 0.2) is 0 Å². The number of nitrogens with two attached hydrogens (primary N) is 1. The van der Waals surface area contributed by atoms with E-state index in [1.165, 1.54) is 0 Å². The zero-order valence-corrected chi connectivity index (χ0v) is 14.7. The van der Waals surface area contributed by atoms with Crippen LogP contribution in [0.1, 0.15) is 24.3 Å². The molecule has 0 amide bonds. The van der Waals surface area contributed by atoms with Crippen LogP contribution in [0.2, 0.25) is 5.02 Å². The number of nitrogens with one attached hydrogen (secondary N) is 2. The molecule has 0 bridgehead atoms. The van der Waals surface area contributed by atoms with E-state index in [1.807, 2.05) is 4.90 Å². The molecule has 1 aliphatic rings. The Morgan fingerprint density at radius 2 is 2.08 bits per heavy atom. The van der Waals surface area contributed by atoms with Gasteiger partial charge in [0.25, 0.3) is 0 Å². The summed E-state index contributed by atoms with van der Waals surface area (Å²) in [5.74, 6) is 1.04. The van der Waals surface area contributed by atoms with Gasteiger partial charge in [0, 0.05) is 18.1 Å². The predicted octanol–water partition coefficient (Wildman–Crippen LogP) is 1.80. The molecule has 0 saturated carbocycles. The molecular weight excluding hydrogens is 352 g/mol. The fraction of sp³-hybridized carbons (Fsp3) is 0.429. The summed E-state index contributed by atoms with van der Waals surface area (Å²) in [4.78, 5) is 6.18. The minimum atomic E-state index is -3.36. The van der Waals surface area contributed by atoms with Gasteiger partial charge >= 0.3 is 0 Å². The topological polar surface area (TPSA) is 117 Å². The number of benzene rings is 1. The molecule has 1 aliphatic heterocycles. The van der Waals surface area contributed by atoms with Gasteiger partial charge in [-0.3, -0.25) is 4.72 Å². The van der Waals surface area contributed by atoms with Crippen LogP contribution in [0.5, 0.6) is 0 Å². The summed E-state index contributed by atoms with van der Waals surface area (Å²) in [7, 11) is -3.36. The number of nitrogen functional groups attached to an aromatic ring is 1. The van der Waals surface area contributed by atoms with Crippen molar-refractivity contribution in [3.63, 3.8) is 0 Å². The van der Waals surface area contributed by atoms with Crippen molar-refractivity contribution in [3.8, 4) is 0 Å². The van der Waals surface area contributed by atoms with Gasteiger partial charge in [-0.25, -0.2) is 13.5 Å². The van der Waals surface area contributed by atoms with Gasteiger partial charge in [-0.2, -0.15) is 4.98 Å². The molecule has 0 unspecified atom stereocenters. The molecule has 8 nitrogen and oxygen atoms in total. The largest absolute Gasteiger partial charge is 0.368 e. The standard InChI is InChI=1S/C14H19ClN6O2S/c1-24(22,23)20-11-4-2-3-10(15)12(11)9-5-7-21(8-6-9)14-17-13(16)18-19-14/h2-4,9,20H,5-8H2,1H3,(H3,16,17,18,19). The Hall–Kier alpha value is -2.00. The zero-order valence-electron chi connectivity index (χ0n) is 13.2. The van der Waals surface area contributed by atoms with Gasteiger partial charge in [0.2, 0.25) is 21.9 Å². The van der Waals surface area contributed by atoms with Gasteiger partial charge < -0.3 is 10.6 Å². The van der Waals surface area contributed by atoms with Crippen molar-refractivity contribution < 1.29 is 8.42 Å². The van der Waals surface area contributed by atoms with E-state index in [1.54, 1.807) is 18.2 Å². The third-order valence-electron chi connectivity index (χ3n) is 4.03. The van der Waals surface area contributed by atoms with Gasteiger partial charge in [0.05, 0.1) is 11.9 Å². The van der Waals surface area contributed by atoms with Crippen LogP contribution < -0.4 is 15.4 Å². The molecule has 2 heterocycles. The number of aromatic amines is 1. The van der Waals surface area contributed by atoms with E-state index in [0.29, 0.717) is 16.7 Å². The van der Waals surface area contributed by atoms with Crippen LogP contribution in [-0.2, 0) is 10.0 Å². The molecule has 24 heavy (non-hydrogen) atoms. The van der Waals surface area contributed by atoms with Crippen molar-refractivity contribution in [3.05, 3.63) is 28.8 Å². The number of hydrogen-bond donors (Lipinski definition) is 3. The number of aromatic nitrogens is 3. The molecule has 0 spiro atoms. The van der Waals surface area contributed by atoms with Crippen molar-refractivity contribution in [1.29, 1.82) is 0 Å². The Bertz CT molecular complexity index is 830. The molecule has 0 aliphatic carbocycles. The molecule has 0 radical (unpaired) electrons. The minimum absolute atomic E-state index is 0.162. The van der Waals surface area contributed by atoms with Gasteiger partial charge in [-0.05, 0) is 36.5 Å². The van der Waals surface area contributed by atoms with E-state index in [4.69, 9.17) is 17.3 Å². The lowest BCUT2D eigenvalue weighted by molar-refractivity contribution is 0.501. The number of H-pyrrole nitrogens is 1. The monoisotopic (exact) mass is 370 g/mol. The Morgan fingerprint density at radius 1 is 1.38 bits per heavy atom. The maximum absolute atomic E-state index is 11.6. The molecule has 4 N–H and O–H groups in total. The second-order valence-electron chi connectivity index (χ2n) is 5.86. The zero-order chi connectivity index (χ0) is 17.3. The Labute approximate surface area is 145 Å². The minimum Gasteiger partial charge on any atom is -0.368 e. The molecule has 1 saturated heterocycles. The third-order valence-corrected chi connectivity index (χ3v) is 4.95. The van der Waals surface area contributed by atoms with Crippen molar-refractivity contribution in [2.75, 3.05) is 34.7 Å². The summed E-state index contributed by atoms with van der Waals surface area (Å²) in [5.41, 5.74) is 6.96. The van der Waals surface area contributed by atoms with Crippen LogP contribution in [0.3, 0.4) is 0 Å². The first kappa shape index (κ1) is 16.8. The maximum atomic E-state index is 11.6. The number of hydrogen-bond acceptors (Lipinski definition) is 6. The second kappa shape index (κ2) is 6.48. The number of rotatable bonds is 4. The van der Waals surface area contributed by atoms with Crippen LogP contribution in [0.4, 0.5) is 17.6 Å². The highest BCUT2D eigenvalue weighted by molar-refractivity contribution is 7.92. The quantitative estimate of drug-likeness (QED) is 0.755. The molecule has 1 aromatic heterocycles. The first-order chi connectivity index (χ1) is 11.3. The number of piperidine rings is 1. The van der Waals surface area contributed by atoms with Crippen LogP contribution in [0.15, 0.2) is 18.2 Å². The SMILES string of the molecule is CS(=O)(=O)Nc1cccc(Cl)c1C1CCN(c2n[nH]c(N)n2)CC1. The number of sulfonamides is 1. The normalized spacial score (nSPS) is 16.3. The average Bonchev–Trinajstić information content (AvgIpc) is 2.93. The highest BCUT2D eigenvalue weighted by Crippen LogP contribution is 2.38. The number of halogens is 1. The molecule has 3 rings (SSSR count). The van der Waals surface area contributed by atoms with Crippen molar-refractivity contribution >= 4 is 39.2 Å². The number of anilines is 3. The first-order valence-electron chi connectivity index (χ1n) is 7.52. The molecule has 1 fully saturated rings. The first-order valence-corrected chi connectivity index (χ1v) is 9.79. The van der Waals surface area contributed by atoms with Gasteiger partial charge in [-0.1, -0.05) is 17.7 Å². The summed E-state index contributed by atoms with van der Waals surface area (Å²) >= 11 is 6.35. The Balaban J connectivity index is 1.79. The molecule has 130 valence electrons. The van der Waals surface area contributed by atoms with Gasteiger partial charge in [0.1, 0.15) is 0 Å². The van der Waals surface area contributed by atoms with Crippen LogP contribution in [0, 0.1) is 0 Å². The Kier molecular flexibility index (Phi) is 4.55. The van der Waals surface area contributed by atoms with E-state index < -0.39 is 10.0 Å². The summed E-state index contributed by atoms with van der Waals surface area (Å²) in [6.07, 6.45) is 2.77. The summed E-state index contributed by atoms with van der Waals surface area (Å²) in [5, 5.41) is 7.27. The maximum Gasteiger partial charge on any atom is 0.246 e. The van der Waals surface area contributed by atoms with Crippen molar-refractivity contribution in [2.24, 2.45) is 0 Å². The number of nitrogens with zero attached hydrogens (tertiary/aromatic N) is 3. The van der Waals surface area contributed by atoms with E-state index in [-0.39, 0.29) is 11.9 Å². The summed E-state index contributed by atoms with van der Waals surface area (Å²) < 4.78 is 25.7. The lowest BCUT2D eigenvalue weighted by Gasteiger charge is -2.32. The smallest absolute Gasteiger partial charge is 0.246 e. The van der Waals surface area contributed by atoms with Crippen LogP contribution in [0.25, 0.3) is 0 Å². The van der Waals surface area contributed by atoms with Crippen LogP contribution >= 0.6 is 11.6 Å². The van der Waals surface area contributed by atoms with Crippen molar-refractivity contribution in [2.45, 2.75) is 18.8 Å². The highest BCUT2D eigenvalue weighted by atomic mass is 35.5. The lowest BCUT2D eigenvalue weighted by Crippen LogP contribution is -2.34. The molecule has 1 aromatic carbocycles. The molecule has 10 heteroatoms. The average molecular weight is 371 g/mol. The summed E-state index contributed by atoms with van der Waals surface area (Å²) in [6, 6.07) is 5.27. The summed E-state index contributed by atoms with van der Waals surface area (Å²) in [6.45, 7) is 1.48. The second-order valence-corrected chi connectivity index (χ2v) is 8.01. The van der Waals surface area contributed by atoms with E-state index in [9.17, 15) is 8.42 Å². The molecular formula is C14H19ClN6O2S. The fourth-order valence-corrected chi connectivity index (χ4v) is 3.92. The highest BCUT2D eigenvalue weighted by Gasteiger charge is 2.26. The predicted molar refractivity (Wildman–Crippen MR) is 94.9 cm³/mol. The van der Waals surface area contributed by atoms with Crippen molar-refractivity contribution in [1.82, 2.24) is 15.2 Å². The van der Waals surface area contributed by atoms with E-state index in [0.717, 1.165) is 37.8 Å². The van der Waals surface area contributed by atoms with Crippen LogP contribution in [-0.4, -0.2) is 42.9 Å². The van der Waals surface area contributed by atoms with E-state index in [2.05, 4.69) is 19.9 Å². The Morgan fingerprint density at radius 3 is 2.67 bits per heavy atom. The lowest BCUT2D eigenvalue weighted by atomic mass is 9.88.